The molecule has 1 aromatic carbocycles. The Kier molecular flexibility index (Phi) is 4.71. The zero-order chi connectivity index (χ0) is 23.4. The molecule has 0 radical (unpaired) electrons. The minimum Gasteiger partial charge on any atom is -0.350 e. The molecule has 170 valence electrons. The number of likely N-dealkylation sites (tertiary alicyclic amines) is 1. The number of halogens is 1. The van der Waals surface area contributed by atoms with Crippen molar-refractivity contribution in [3.63, 3.8) is 0 Å². The van der Waals surface area contributed by atoms with Crippen molar-refractivity contribution in [1.29, 1.82) is 5.26 Å². The van der Waals surface area contributed by atoms with Crippen molar-refractivity contribution in [3.8, 4) is 6.07 Å². The summed E-state index contributed by atoms with van der Waals surface area (Å²) >= 11 is 6.53. The summed E-state index contributed by atoms with van der Waals surface area (Å²) in [4.78, 5) is 29.9. The number of nitriles is 1. The highest BCUT2D eigenvalue weighted by molar-refractivity contribution is 6.32. The molecule has 0 unspecified atom stereocenters. The first-order valence-corrected chi connectivity index (χ1v) is 11.7. The number of benzene rings is 1. The zero-order valence-corrected chi connectivity index (χ0v) is 19.2. The van der Waals surface area contributed by atoms with Crippen LogP contribution in [0.15, 0.2) is 49.3 Å². The maximum atomic E-state index is 12.1. The topological polar surface area (TPSA) is 98.0 Å². The number of anilines is 3. The number of carbonyl (C=O) groups excluding carboxylic acids is 1. The number of hydrogen-bond donors (Lipinski definition) is 1. The summed E-state index contributed by atoms with van der Waals surface area (Å²) in [5.41, 5.74) is 2.61. The van der Waals surface area contributed by atoms with Crippen molar-refractivity contribution in [2.75, 3.05) is 23.3 Å². The number of pyridine rings is 1. The molecule has 3 fully saturated rings. The van der Waals surface area contributed by atoms with Gasteiger partial charge in [0.15, 0.2) is 5.82 Å². The smallest absolute Gasteiger partial charge is 0.246 e. The molecule has 2 saturated heterocycles. The second-order valence-corrected chi connectivity index (χ2v) is 9.57. The van der Waals surface area contributed by atoms with Crippen LogP contribution in [0.5, 0.6) is 0 Å². The van der Waals surface area contributed by atoms with Crippen LogP contribution in [0.4, 0.5) is 17.3 Å². The molecule has 9 heteroatoms. The van der Waals surface area contributed by atoms with E-state index in [1.165, 1.54) is 12.4 Å². The molecule has 1 saturated carbocycles. The lowest BCUT2D eigenvalue weighted by atomic mass is 9.97. The van der Waals surface area contributed by atoms with Crippen LogP contribution >= 0.6 is 11.6 Å². The van der Waals surface area contributed by atoms with Gasteiger partial charge in [0.1, 0.15) is 17.7 Å². The fraction of sp³-hybridized carbons (Fsp3) is 0.320. The molecule has 0 spiro atoms. The molecule has 1 aliphatic carbocycles. The summed E-state index contributed by atoms with van der Waals surface area (Å²) in [7, 11) is 0. The second kappa shape index (κ2) is 7.67. The quantitative estimate of drug-likeness (QED) is 0.562. The highest BCUT2D eigenvalue weighted by Crippen LogP contribution is 2.50. The van der Waals surface area contributed by atoms with Gasteiger partial charge in [-0.05, 0) is 55.2 Å². The predicted octanol–water partition coefficient (Wildman–Crippen LogP) is 3.95. The molecule has 6 rings (SSSR count). The Labute approximate surface area is 201 Å². The van der Waals surface area contributed by atoms with Crippen molar-refractivity contribution >= 4 is 45.9 Å². The van der Waals surface area contributed by atoms with E-state index >= 15 is 0 Å². The Morgan fingerprint density at radius 2 is 2.09 bits per heavy atom. The number of hydrogen-bond acceptors (Lipinski definition) is 7. The van der Waals surface area contributed by atoms with E-state index < -0.39 is 5.41 Å². The molecule has 1 N–H and O–H groups in total. The SMILES string of the molecule is C=CC(=O)N1C[C@@H]2C[C@H]1CN2c1ccc2ncnc(Nc3ccc(C4(C#N)CC4)c(Cl)c3)c2n1. The molecular formula is C25H22ClN7O. The number of amides is 1. The minimum atomic E-state index is -0.436. The summed E-state index contributed by atoms with van der Waals surface area (Å²) in [5, 5.41) is 13.4. The Morgan fingerprint density at radius 1 is 1.24 bits per heavy atom. The van der Waals surface area contributed by atoms with E-state index in [1.54, 1.807) is 0 Å². The normalized spacial score (nSPS) is 22.0. The molecular weight excluding hydrogens is 450 g/mol. The molecule has 8 nitrogen and oxygen atoms in total. The first kappa shape index (κ1) is 20.9. The van der Waals surface area contributed by atoms with Gasteiger partial charge < -0.3 is 15.1 Å². The lowest BCUT2D eigenvalue weighted by Crippen LogP contribution is -2.48. The number of rotatable bonds is 5. The van der Waals surface area contributed by atoms with Gasteiger partial charge in [0.25, 0.3) is 0 Å². The Balaban J connectivity index is 1.28. The fourth-order valence-electron chi connectivity index (χ4n) is 5.20. The summed E-state index contributed by atoms with van der Waals surface area (Å²) in [6.45, 7) is 5.04. The van der Waals surface area contributed by atoms with E-state index in [9.17, 15) is 10.1 Å². The van der Waals surface area contributed by atoms with Gasteiger partial charge in [-0.3, -0.25) is 4.79 Å². The number of aromatic nitrogens is 3. The zero-order valence-electron chi connectivity index (χ0n) is 18.4. The van der Waals surface area contributed by atoms with Crippen LogP contribution in [0, 0.1) is 11.3 Å². The third kappa shape index (κ3) is 3.27. The van der Waals surface area contributed by atoms with Gasteiger partial charge in [-0.1, -0.05) is 24.2 Å². The Morgan fingerprint density at radius 3 is 2.76 bits per heavy atom. The molecule has 4 heterocycles. The van der Waals surface area contributed by atoms with Gasteiger partial charge in [0, 0.05) is 23.8 Å². The van der Waals surface area contributed by atoms with E-state index in [0.29, 0.717) is 22.9 Å². The maximum absolute atomic E-state index is 12.1. The van der Waals surface area contributed by atoms with E-state index in [4.69, 9.17) is 16.6 Å². The minimum absolute atomic E-state index is 0.00874. The van der Waals surface area contributed by atoms with Gasteiger partial charge in [-0.25, -0.2) is 15.0 Å². The van der Waals surface area contributed by atoms with Gasteiger partial charge in [-0.15, -0.1) is 0 Å². The van der Waals surface area contributed by atoms with Gasteiger partial charge >= 0.3 is 0 Å². The number of carbonyl (C=O) groups is 1. The molecule has 2 atom stereocenters. The van der Waals surface area contributed by atoms with Gasteiger partial charge in [0.2, 0.25) is 5.91 Å². The number of nitrogens with zero attached hydrogens (tertiary/aromatic N) is 6. The molecule has 3 aromatic rings. The molecule has 1 amide bonds. The van der Waals surface area contributed by atoms with Crippen molar-refractivity contribution in [1.82, 2.24) is 19.9 Å². The number of nitrogens with one attached hydrogen (secondary N) is 1. The van der Waals surface area contributed by atoms with Crippen molar-refractivity contribution < 1.29 is 4.79 Å². The van der Waals surface area contributed by atoms with Crippen LogP contribution in [0.1, 0.15) is 24.8 Å². The largest absolute Gasteiger partial charge is 0.350 e. The lowest BCUT2D eigenvalue weighted by molar-refractivity contribution is -0.127. The number of fused-ring (bicyclic) bond motifs is 3. The van der Waals surface area contributed by atoms with Gasteiger partial charge in [0.05, 0.1) is 29.1 Å². The summed E-state index contributed by atoms with van der Waals surface area (Å²) in [5.74, 6) is 1.43. The monoisotopic (exact) mass is 471 g/mol. The summed E-state index contributed by atoms with van der Waals surface area (Å²) in [6, 6.07) is 12.4. The lowest BCUT2D eigenvalue weighted by Gasteiger charge is -2.34. The van der Waals surface area contributed by atoms with Crippen LogP contribution < -0.4 is 10.2 Å². The van der Waals surface area contributed by atoms with Crippen LogP contribution in [0.3, 0.4) is 0 Å². The van der Waals surface area contributed by atoms with Crippen molar-refractivity contribution in [2.24, 2.45) is 0 Å². The second-order valence-electron chi connectivity index (χ2n) is 9.16. The Bertz CT molecular complexity index is 1380. The first-order chi connectivity index (χ1) is 16.5. The molecule has 2 bridgehead atoms. The highest BCUT2D eigenvalue weighted by Gasteiger charge is 2.46. The van der Waals surface area contributed by atoms with Crippen LogP contribution in [-0.2, 0) is 10.2 Å². The average molecular weight is 472 g/mol. The van der Waals surface area contributed by atoms with Gasteiger partial charge in [-0.2, -0.15) is 5.26 Å². The fourth-order valence-corrected chi connectivity index (χ4v) is 5.56. The standard InChI is InChI=1S/C25H22ClN7O/c1-2-22(34)33-12-16-10-17(33)11-32(16)21-6-5-20-23(31-21)24(29-14-28-20)30-15-3-4-18(19(26)9-15)25(13-27)7-8-25/h2-6,9,14,16-17H,1,7-8,10-12H2,(H,28,29,30)/t16-,17-/m0/s1. The van der Waals surface area contributed by atoms with E-state index in [1.807, 2.05) is 35.2 Å². The molecule has 34 heavy (non-hydrogen) atoms. The van der Waals surface area contributed by atoms with Crippen molar-refractivity contribution in [2.45, 2.75) is 36.8 Å². The van der Waals surface area contributed by atoms with E-state index in [-0.39, 0.29) is 18.0 Å². The summed E-state index contributed by atoms with van der Waals surface area (Å²) < 4.78 is 0. The van der Waals surface area contributed by atoms with E-state index in [0.717, 1.165) is 48.4 Å². The average Bonchev–Trinajstić information content (AvgIpc) is 3.38. The predicted molar refractivity (Wildman–Crippen MR) is 130 cm³/mol. The van der Waals surface area contributed by atoms with Crippen LogP contribution in [0.25, 0.3) is 11.0 Å². The van der Waals surface area contributed by atoms with Crippen LogP contribution in [-0.4, -0.2) is 50.9 Å². The van der Waals surface area contributed by atoms with Crippen LogP contribution in [0.2, 0.25) is 5.02 Å². The van der Waals surface area contributed by atoms with E-state index in [2.05, 4.69) is 32.8 Å². The molecule has 2 aromatic heterocycles. The van der Waals surface area contributed by atoms with Crippen molar-refractivity contribution in [3.05, 3.63) is 59.9 Å². The molecule has 3 aliphatic rings. The third-order valence-electron chi connectivity index (χ3n) is 7.17. The number of piperazine rings is 1. The Hall–Kier alpha value is -3.70. The highest BCUT2D eigenvalue weighted by atomic mass is 35.5. The maximum Gasteiger partial charge on any atom is 0.246 e. The third-order valence-corrected chi connectivity index (χ3v) is 7.48. The molecule has 2 aliphatic heterocycles. The summed E-state index contributed by atoms with van der Waals surface area (Å²) in [6.07, 6.45) is 5.52. The first-order valence-electron chi connectivity index (χ1n) is 11.3.